The van der Waals surface area contributed by atoms with Gasteiger partial charge in [0, 0.05) is 18.9 Å². The second kappa shape index (κ2) is 7.07. The van der Waals surface area contributed by atoms with Crippen LogP contribution in [0, 0.1) is 0 Å². The van der Waals surface area contributed by atoms with E-state index in [1.165, 1.54) is 20.4 Å². The van der Waals surface area contributed by atoms with E-state index in [0.717, 1.165) is 4.57 Å². The number of aliphatic hydroxyl groups is 1. The van der Waals surface area contributed by atoms with Gasteiger partial charge in [-0.05, 0) is 6.42 Å². The van der Waals surface area contributed by atoms with E-state index in [9.17, 15) is 19.5 Å². The molecule has 2 unspecified atom stereocenters. The van der Waals surface area contributed by atoms with Crippen molar-refractivity contribution < 1.29 is 24.1 Å². The Morgan fingerprint density at radius 3 is 2.70 bits per heavy atom. The molecule has 2 heterocycles. The molecule has 1 fully saturated rings. The number of methoxy groups -OCH3 is 2. The molecule has 0 bridgehead atoms. The van der Waals surface area contributed by atoms with Gasteiger partial charge in [-0.1, -0.05) is 6.92 Å². The maximum atomic E-state index is 12.1. The number of aliphatic hydroxyl groups excluding tert-OH is 1. The first-order valence-corrected chi connectivity index (χ1v) is 7.20. The van der Waals surface area contributed by atoms with Gasteiger partial charge in [-0.3, -0.25) is 19.1 Å². The Balaban J connectivity index is 2.42. The molecular weight excluding hydrogens is 308 g/mol. The van der Waals surface area contributed by atoms with Crippen molar-refractivity contribution in [2.24, 2.45) is 0 Å². The lowest BCUT2D eigenvalue weighted by Crippen LogP contribution is -2.40. The summed E-state index contributed by atoms with van der Waals surface area (Å²) in [7, 11) is 2.60. The van der Waals surface area contributed by atoms with Crippen LogP contribution in [0.2, 0.25) is 0 Å². The molecule has 0 radical (unpaired) electrons. The number of aromatic nitrogens is 2. The van der Waals surface area contributed by atoms with Crippen LogP contribution in [0.4, 0.5) is 0 Å². The standard InChI is InChI=1S/C14H20N2O7/c1-4-8-10(18)11(22-3)13(23-8)16-6-7(5-9(17)21-2)12(19)15-14(16)20/h6,8,10-11,13,18H,4-5H2,1-3H3,(H,15,19,20)/t8-,10?,11?,13-/m1/s1. The molecule has 9 heteroatoms. The normalized spacial score (nSPS) is 27.1. The summed E-state index contributed by atoms with van der Waals surface area (Å²) in [6.45, 7) is 1.83. The molecule has 1 saturated heterocycles. The van der Waals surface area contributed by atoms with Crippen LogP contribution in [0.25, 0.3) is 0 Å². The van der Waals surface area contributed by atoms with Gasteiger partial charge in [-0.2, -0.15) is 0 Å². The first-order valence-electron chi connectivity index (χ1n) is 7.20. The minimum Gasteiger partial charge on any atom is -0.469 e. The first kappa shape index (κ1) is 17.4. The van der Waals surface area contributed by atoms with Crippen molar-refractivity contribution in [3.8, 4) is 0 Å². The van der Waals surface area contributed by atoms with Crippen molar-refractivity contribution in [3.63, 3.8) is 0 Å². The summed E-state index contributed by atoms with van der Waals surface area (Å²) in [6, 6.07) is 0. The number of ether oxygens (including phenoxy) is 3. The predicted octanol–water partition coefficient (Wildman–Crippen LogP) is -1.06. The van der Waals surface area contributed by atoms with Crippen molar-refractivity contribution in [2.75, 3.05) is 14.2 Å². The number of carbonyl (C=O) groups is 1. The van der Waals surface area contributed by atoms with E-state index < -0.39 is 41.8 Å². The van der Waals surface area contributed by atoms with Crippen LogP contribution in [0.1, 0.15) is 25.1 Å². The molecule has 1 aliphatic heterocycles. The number of H-pyrrole nitrogens is 1. The smallest absolute Gasteiger partial charge is 0.330 e. The molecule has 1 aromatic rings. The van der Waals surface area contributed by atoms with Crippen molar-refractivity contribution >= 4 is 5.97 Å². The van der Waals surface area contributed by atoms with Crippen LogP contribution in [0.15, 0.2) is 15.8 Å². The highest BCUT2D eigenvalue weighted by Crippen LogP contribution is 2.31. The minimum atomic E-state index is -0.905. The largest absolute Gasteiger partial charge is 0.469 e. The van der Waals surface area contributed by atoms with Crippen LogP contribution in [-0.2, 0) is 25.4 Å². The highest BCUT2D eigenvalue weighted by Gasteiger charge is 2.44. The van der Waals surface area contributed by atoms with Gasteiger partial charge in [0.05, 0.1) is 19.6 Å². The molecule has 0 aliphatic carbocycles. The van der Waals surface area contributed by atoms with Gasteiger partial charge in [0.1, 0.15) is 12.2 Å². The Labute approximate surface area is 131 Å². The molecule has 0 spiro atoms. The maximum absolute atomic E-state index is 12.1. The van der Waals surface area contributed by atoms with Crippen LogP contribution in [0.3, 0.4) is 0 Å². The van der Waals surface area contributed by atoms with Gasteiger partial charge < -0.3 is 19.3 Å². The molecule has 0 aromatic carbocycles. The number of esters is 1. The molecule has 1 aliphatic rings. The molecule has 0 saturated carbocycles. The highest BCUT2D eigenvalue weighted by atomic mass is 16.6. The monoisotopic (exact) mass is 328 g/mol. The number of nitrogens with zero attached hydrogens (tertiary/aromatic N) is 1. The fraction of sp³-hybridized carbons (Fsp3) is 0.643. The maximum Gasteiger partial charge on any atom is 0.330 e. The van der Waals surface area contributed by atoms with Crippen LogP contribution in [-0.4, -0.2) is 53.2 Å². The second-order valence-corrected chi connectivity index (χ2v) is 5.24. The van der Waals surface area contributed by atoms with Gasteiger partial charge in [0.15, 0.2) is 6.23 Å². The van der Waals surface area contributed by atoms with Crippen molar-refractivity contribution in [1.82, 2.24) is 9.55 Å². The zero-order valence-corrected chi connectivity index (χ0v) is 13.1. The van der Waals surface area contributed by atoms with E-state index >= 15 is 0 Å². The third-order valence-corrected chi connectivity index (χ3v) is 3.87. The Morgan fingerprint density at radius 2 is 2.13 bits per heavy atom. The van der Waals surface area contributed by atoms with Gasteiger partial charge >= 0.3 is 11.7 Å². The summed E-state index contributed by atoms with van der Waals surface area (Å²) in [5, 5.41) is 10.2. The molecule has 0 amide bonds. The number of aromatic amines is 1. The van der Waals surface area contributed by atoms with Gasteiger partial charge in [-0.15, -0.1) is 0 Å². The highest BCUT2D eigenvalue weighted by molar-refractivity contribution is 5.72. The first-order chi connectivity index (χ1) is 10.9. The molecule has 2 rings (SSSR count). The molecule has 4 atom stereocenters. The van der Waals surface area contributed by atoms with Crippen molar-refractivity contribution in [2.45, 2.75) is 44.3 Å². The topological polar surface area (TPSA) is 120 Å². The molecule has 2 N–H and O–H groups in total. The number of carbonyl (C=O) groups excluding carboxylic acids is 1. The van der Waals surface area contributed by atoms with Crippen molar-refractivity contribution in [1.29, 1.82) is 0 Å². The van der Waals surface area contributed by atoms with E-state index in [2.05, 4.69) is 9.72 Å². The molecule has 128 valence electrons. The van der Waals surface area contributed by atoms with Crippen LogP contribution >= 0.6 is 0 Å². The van der Waals surface area contributed by atoms with Crippen LogP contribution < -0.4 is 11.2 Å². The number of nitrogens with one attached hydrogen (secondary N) is 1. The van der Waals surface area contributed by atoms with Gasteiger partial charge in [0.2, 0.25) is 0 Å². The number of hydrogen-bond donors (Lipinski definition) is 2. The summed E-state index contributed by atoms with van der Waals surface area (Å²) in [5.74, 6) is -0.609. The SMILES string of the molecule is CC[C@H]1O[C@@H](n2cc(CC(=O)OC)c(=O)[nH]c2=O)C(OC)C1O. The summed E-state index contributed by atoms with van der Waals surface area (Å²) in [4.78, 5) is 37.4. The third kappa shape index (κ3) is 3.36. The molecule has 9 nitrogen and oxygen atoms in total. The summed E-state index contributed by atoms with van der Waals surface area (Å²) >= 11 is 0. The second-order valence-electron chi connectivity index (χ2n) is 5.24. The molecule has 23 heavy (non-hydrogen) atoms. The lowest BCUT2D eigenvalue weighted by atomic mass is 10.1. The van der Waals surface area contributed by atoms with E-state index in [1.54, 1.807) is 0 Å². The summed E-state index contributed by atoms with van der Waals surface area (Å²) < 4.78 is 16.5. The zero-order valence-electron chi connectivity index (χ0n) is 13.1. The predicted molar refractivity (Wildman–Crippen MR) is 78.0 cm³/mol. The summed E-state index contributed by atoms with van der Waals surface area (Å²) in [6.07, 6.45) is -1.58. The van der Waals surface area contributed by atoms with Crippen LogP contribution in [0.5, 0.6) is 0 Å². The summed E-state index contributed by atoms with van der Waals surface area (Å²) in [5.41, 5.74) is -1.32. The molecular formula is C14H20N2O7. The zero-order chi connectivity index (χ0) is 17.1. The lowest BCUT2D eigenvalue weighted by molar-refractivity contribution is -0.139. The Bertz CT molecular complexity index is 680. The Kier molecular flexibility index (Phi) is 5.34. The third-order valence-electron chi connectivity index (χ3n) is 3.87. The average molecular weight is 328 g/mol. The van der Waals surface area contributed by atoms with E-state index in [-0.39, 0.29) is 12.0 Å². The van der Waals surface area contributed by atoms with Crippen molar-refractivity contribution in [3.05, 3.63) is 32.6 Å². The van der Waals surface area contributed by atoms with Gasteiger partial charge in [0.25, 0.3) is 5.56 Å². The van der Waals surface area contributed by atoms with E-state index in [1.807, 2.05) is 6.92 Å². The fourth-order valence-corrected chi connectivity index (χ4v) is 2.60. The fourth-order valence-electron chi connectivity index (χ4n) is 2.60. The minimum absolute atomic E-state index is 0.0596. The van der Waals surface area contributed by atoms with E-state index in [4.69, 9.17) is 9.47 Å². The quantitative estimate of drug-likeness (QED) is 0.661. The van der Waals surface area contributed by atoms with Gasteiger partial charge in [-0.25, -0.2) is 4.79 Å². The lowest BCUT2D eigenvalue weighted by Gasteiger charge is -2.20. The average Bonchev–Trinajstić information content (AvgIpc) is 2.85. The number of hydrogen-bond acceptors (Lipinski definition) is 7. The Morgan fingerprint density at radius 1 is 1.43 bits per heavy atom. The number of rotatable bonds is 5. The Hall–Kier alpha value is -1.97. The molecule has 1 aromatic heterocycles. The van der Waals surface area contributed by atoms with E-state index in [0.29, 0.717) is 6.42 Å².